The molecule has 2 aromatic rings. The second kappa shape index (κ2) is 8.71. The average molecular weight is 430 g/mol. The molecule has 3 heterocycles. The van der Waals surface area contributed by atoms with Crippen molar-refractivity contribution < 1.29 is 13.2 Å². The molecule has 30 heavy (non-hydrogen) atoms. The summed E-state index contributed by atoms with van der Waals surface area (Å²) in [5.74, 6) is 0.604. The molecule has 0 saturated carbocycles. The van der Waals surface area contributed by atoms with Gasteiger partial charge in [0.2, 0.25) is 10.0 Å². The predicted octanol–water partition coefficient (Wildman–Crippen LogP) is 1.87. The van der Waals surface area contributed by atoms with Gasteiger partial charge in [0.1, 0.15) is 5.82 Å². The number of aromatic nitrogens is 1. The van der Waals surface area contributed by atoms with Crippen LogP contribution in [0.3, 0.4) is 0 Å². The molecule has 0 unspecified atom stereocenters. The lowest BCUT2D eigenvalue weighted by atomic mass is 10.2. The number of anilines is 2. The molecule has 1 aromatic carbocycles. The van der Waals surface area contributed by atoms with Crippen LogP contribution in [0.25, 0.3) is 0 Å². The van der Waals surface area contributed by atoms with Crippen molar-refractivity contribution in [3.63, 3.8) is 0 Å². The molecule has 0 radical (unpaired) electrons. The second-order valence-corrected chi connectivity index (χ2v) is 9.72. The molecule has 2 fully saturated rings. The minimum Gasteiger partial charge on any atom is -0.354 e. The Morgan fingerprint density at radius 3 is 2.20 bits per heavy atom. The number of rotatable bonds is 5. The first-order valence-electron chi connectivity index (χ1n) is 10.2. The lowest BCUT2D eigenvalue weighted by molar-refractivity contribution is 0.102. The van der Waals surface area contributed by atoms with Crippen molar-refractivity contribution in [3.05, 3.63) is 48.2 Å². The number of pyridine rings is 1. The van der Waals surface area contributed by atoms with E-state index >= 15 is 0 Å². The number of sulfonamides is 1. The van der Waals surface area contributed by atoms with Gasteiger partial charge in [0.05, 0.1) is 16.8 Å². The standard InChI is InChI=1S/C21H27N5O3S/c1-24-12-14-25(15-13-24)20-9-6-18(16-22-20)23-21(27)17-4-7-19(8-5-17)30(28,29)26-10-2-3-11-26/h4-9,16H,2-3,10-15H2,1H3,(H,23,27). The Morgan fingerprint density at radius 1 is 0.933 bits per heavy atom. The lowest BCUT2D eigenvalue weighted by Gasteiger charge is -2.33. The van der Waals surface area contributed by atoms with Gasteiger partial charge >= 0.3 is 0 Å². The van der Waals surface area contributed by atoms with E-state index in [9.17, 15) is 13.2 Å². The number of carbonyl (C=O) groups is 1. The third-order valence-corrected chi connectivity index (χ3v) is 7.57. The van der Waals surface area contributed by atoms with Crippen LogP contribution in [0, 0.1) is 0 Å². The summed E-state index contributed by atoms with van der Waals surface area (Å²) in [6.07, 6.45) is 3.43. The Hall–Kier alpha value is -2.49. The smallest absolute Gasteiger partial charge is 0.255 e. The number of nitrogens with one attached hydrogen (secondary N) is 1. The van der Waals surface area contributed by atoms with Crippen LogP contribution in [-0.2, 0) is 10.0 Å². The fourth-order valence-corrected chi connectivity index (χ4v) is 5.26. The Kier molecular flexibility index (Phi) is 6.03. The van der Waals surface area contributed by atoms with E-state index in [0.717, 1.165) is 44.8 Å². The zero-order valence-corrected chi connectivity index (χ0v) is 17.9. The second-order valence-electron chi connectivity index (χ2n) is 7.79. The average Bonchev–Trinajstić information content (AvgIpc) is 3.31. The van der Waals surface area contributed by atoms with E-state index < -0.39 is 10.0 Å². The van der Waals surface area contributed by atoms with Crippen molar-refractivity contribution in [1.29, 1.82) is 0 Å². The fraction of sp³-hybridized carbons (Fsp3) is 0.429. The number of hydrogen-bond donors (Lipinski definition) is 1. The normalized spacial score (nSPS) is 18.5. The highest BCUT2D eigenvalue weighted by molar-refractivity contribution is 7.89. The van der Waals surface area contributed by atoms with E-state index in [1.165, 1.54) is 16.4 Å². The summed E-state index contributed by atoms with van der Waals surface area (Å²) >= 11 is 0. The molecule has 2 aliphatic rings. The highest BCUT2D eigenvalue weighted by Crippen LogP contribution is 2.22. The van der Waals surface area contributed by atoms with Gasteiger partial charge in [0.15, 0.2) is 0 Å². The van der Waals surface area contributed by atoms with Crippen molar-refractivity contribution in [1.82, 2.24) is 14.2 Å². The molecule has 1 aromatic heterocycles. The van der Waals surface area contributed by atoms with Gasteiger partial charge in [-0.05, 0) is 56.3 Å². The Balaban J connectivity index is 1.39. The quantitative estimate of drug-likeness (QED) is 0.781. The lowest BCUT2D eigenvalue weighted by Crippen LogP contribution is -2.44. The molecule has 2 aliphatic heterocycles. The molecule has 0 spiro atoms. The first kappa shape index (κ1) is 20.8. The van der Waals surface area contributed by atoms with Gasteiger partial charge in [-0.2, -0.15) is 4.31 Å². The molecule has 1 amide bonds. The summed E-state index contributed by atoms with van der Waals surface area (Å²) in [4.78, 5) is 21.7. The Morgan fingerprint density at radius 2 is 1.60 bits per heavy atom. The fourth-order valence-electron chi connectivity index (χ4n) is 3.74. The van der Waals surface area contributed by atoms with Crippen molar-refractivity contribution >= 4 is 27.4 Å². The van der Waals surface area contributed by atoms with E-state index in [-0.39, 0.29) is 10.8 Å². The van der Waals surface area contributed by atoms with Gasteiger partial charge in [-0.15, -0.1) is 0 Å². The highest BCUT2D eigenvalue weighted by Gasteiger charge is 2.27. The predicted molar refractivity (Wildman–Crippen MR) is 116 cm³/mol. The molecule has 2 saturated heterocycles. The molecule has 9 heteroatoms. The summed E-state index contributed by atoms with van der Waals surface area (Å²) < 4.78 is 26.7. The van der Waals surface area contributed by atoms with E-state index in [1.807, 2.05) is 12.1 Å². The number of hydrogen-bond acceptors (Lipinski definition) is 6. The van der Waals surface area contributed by atoms with Crippen LogP contribution in [0.5, 0.6) is 0 Å². The van der Waals surface area contributed by atoms with Gasteiger partial charge in [-0.3, -0.25) is 4.79 Å². The number of likely N-dealkylation sites (N-methyl/N-ethyl adjacent to an activating group) is 1. The molecule has 0 bridgehead atoms. The van der Waals surface area contributed by atoms with E-state index in [1.54, 1.807) is 18.3 Å². The zero-order valence-electron chi connectivity index (χ0n) is 17.1. The molecule has 8 nitrogen and oxygen atoms in total. The number of carbonyl (C=O) groups excluding carboxylic acids is 1. The largest absolute Gasteiger partial charge is 0.354 e. The van der Waals surface area contributed by atoms with Gasteiger partial charge in [-0.1, -0.05) is 0 Å². The minimum absolute atomic E-state index is 0.221. The van der Waals surface area contributed by atoms with Crippen molar-refractivity contribution in [2.24, 2.45) is 0 Å². The third kappa shape index (κ3) is 4.48. The van der Waals surface area contributed by atoms with Gasteiger partial charge in [0.25, 0.3) is 5.91 Å². The molecule has 0 aliphatic carbocycles. The summed E-state index contributed by atoms with van der Waals surface area (Å²) in [7, 11) is -1.37. The van der Waals surface area contributed by atoms with Gasteiger partial charge in [0, 0.05) is 44.8 Å². The molecule has 1 N–H and O–H groups in total. The molecular weight excluding hydrogens is 402 g/mol. The minimum atomic E-state index is -3.48. The van der Waals surface area contributed by atoms with Crippen molar-refractivity contribution in [2.45, 2.75) is 17.7 Å². The summed E-state index contributed by atoms with van der Waals surface area (Å²) in [5.41, 5.74) is 1.00. The Bertz CT molecular complexity index is 978. The van der Waals surface area contributed by atoms with Crippen LogP contribution in [0.2, 0.25) is 0 Å². The highest BCUT2D eigenvalue weighted by atomic mass is 32.2. The zero-order chi connectivity index (χ0) is 21.1. The molecule has 4 rings (SSSR count). The first-order chi connectivity index (χ1) is 14.4. The number of benzene rings is 1. The number of amides is 1. The van der Waals surface area contributed by atoms with E-state index in [2.05, 4.69) is 27.1 Å². The maximum atomic E-state index is 12.6. The maximum Gasteiger partial charge on any atom is 0.255 e. The summed E-state index contributed by atoms with van der Waals surface area (Å²) in [6, 6.07) is 9.83. The van der Waals surface area contributed by atoms with Crippen LogP contribution in [0.4, 0.5) is 11.5 Å². The van der Waals surface area contributed by atoms with Crippen LogP contribution >= 0.6 is 0 Å². The summed E-state index contributed by atoms with van der Waals surface area (Å²) in [6.45, 7) is 4.99. The van der Waals surface area contributed by atoms with Gasteiger partial charge in [-0.25, -0.2) is 13.4 Å². The van der Waals surface area contributed by atoms with Crippen LogP contribution in [0.1, 0.15) is 23.2 Å². The topological polar surface area (TPSA) is 85.8 Å². The first-order valence-corrected chi connectivity index (χ1v) is 11.7. The summed E-state index contributed by atoms with van der Waals surface area (Å²) in [5, 5.41) is 2.82. The van der Waals surface area contributed by atoms with Crippen molar-refractivity contribution in [2.75, 3.05) is 56.5 Å². The molecule has 160 valence electrons. The third-order valence-electron chi connectivity index (χ3n) is 5.65. The van der Waals surface area contributed by atoms with Crippen LogP contribution in [0.15, 0.2) is 47.5 Å². The number of piperazine rings is 1. The molecular formula is C21H27N5O3S. The monoisotopic (exact) mass is 429 g/mol. The van der Waals surface area contributed by atoms with E-state index in [4.69, 9.17) is 0 Å². The number of nitrogens with zero attached hydrogens (tertiary/aromatic N) is 4. The van der Waals surface area contributed by atoms with Crippen LogP contribution in [-0.4, -0.2) is 74.8 Å². The van der Waals surface area contributed by atoms with Crippen LogP contribution < -0.4 is 10.2 Å². The molecule has 0 atom stereocenters. The SMILES string of the molecule is CN1CCN(c2ccc(NC(=O)c3ccc(S(=O)(=O)N4CCCC4)cc3)cn2)CC1. The van der Waals surface area contributed by atoms with E-state index in [0.29, 0.717) is 24.3 Å². The Labute approximate surface area is 177 Å². The van der Waals surface area contributed by atoms with Crippen molar-refractivity contribution in [3.8, 4) is 0 Å². The van der Waals surface area contributed by atoms with Gasteiger partial charge < -0.3 is 15.1 Å². The maximum absolute atomic E-state index is 12.6.